The molecule has 262 valence electrons. The monoisotopic (exact) mass is 680 g/mol. The summed E-state index contributed by atoms with van der Waals surface area (Å²) in [6.45, 7) is 16.3. The van der Waals surface area contributed by atoms with Crippen LogP contribution in [0.5, 0.6) is 0 Å². The molecule has 4 aromatic carbocycles. The van der Waals surface area contributed by atoms with E-state index in [1.54, 1.807) is 0 Å². The molecule has 0 radical (unpaired) electrons. The van der Waals surface area contributed by atoms with Gasteiger partial charge in [0.1, 0.15) is 0 Å². The Morgan fingerprint density at radius 2 is 1.48 bits per heavy atom. The molecule has 2 aliphatic heterocycles. The molecule has 8 rings (SSSR count). The Hall–Kier alpha value is -5.08. The van der Waals surface area contributed by atoms with Crippen molar-refractivity contribution in [2.75, 3.05) is 4.90 Å². The zero-order chi connectivity index (χ0) is 36.2. The molecule has 2 unspecified atom stereocenters. The number of anilines is 2. The van der Waals surface area contributed by atoms with Gasteiger partial charge in [-0.25, -0.2) is 0 Å². The summed E-state index contributed by atoms with van der Waals surface area (Å²) in [5.41, 5.74) is 13.0. The molecular weight excluding hydrogens is 629 g/mol. The Kier molecular flexibility index (Phi) is 8.61. The Morgan fingerprint density at radius 1 is 0.731 bits per heavy atom. The van der Waals surface area contributed by atoms with Crippen LogP contribution in [0.4, 0.5) is 11.4 Å². The van der Waals surface area contributed by atoms with E-state index in [1.807, 2.05) is 0 Å². The van der Waals surface area contributed by atoms with Gasteiger partial charge in [-0.15, -0.1) is 0 Å². The van der Waals surface area contributed by atoms with Crippen LogP contribution >= 0.6 is 0 Å². The SMILES string of the molecule is CC(C)c1cc(/C=C/c2ccc(N3c4ccccc4C=CC3(C)C)c3ccccc23)ccc1C1C=CC(N2C3=C(C=CC2(C)C)CCC=C3)=CC1C. The average Bonchev–Trinajstić information content (AvgIpc) is 3.13. The van der Waals surface area contributed by atoms with Crippen LogP contribution in [0.1, 0.15) is 101 Å². The zero-order valence-electron chi connectivity index (χ0n) is 31.9. The third-order valence-corrected chi connectivity index (χ3v) is 11.6. The molecule has 2 heterocycles. The van der Waals surface area contributed by atoms with Crippen LogP contribution in [-0.2, 0) is 0 Å². The molecular formula is C50H52N2. The summed E-state index contributed by atoms with van der Waals surface area (Å²) in [6, 6.07) is 29.3. The highest BCUT2D eigenvalue weighted by atomic mass is 15.2. The number of hydrogen-bond acceptors (Lipinski definition) is 2. The van der Waals surface area contributed by atoms with Crippen molar-refractivity contribution in [1.82, 2.24) is 4.90 Å². The normalized spacial score (nSPS) is 21.7. The van der Waals surface area contributed by atoms with E-state index in [4.69, 9.17) is 0 Å². The minimum absolute atomic E-state index is 0.0706. The van der Waals surface area contributed by atoms with Crippen molar-refractivity contribution in [3.05, 3.63) is 172 Å². The molecule has 2 aliphatic carbocycles. The summed E-state index contributed by atoms with van der Waals surface area (Å²) >= 11 is 0. The Bertz CT molecular complexity index is 2260. The fourth-order valence-electron chi connectivity index (χ4n) is 8.84. The van der Waals surface area contributed by atoms with Crippen molar-refractivity contribution in [2.45, 2.75) is 84.2 Å². The number of hydrogen-bond donors (Lipinski definition) is 0. The van der Waals surface area contributed by atoms with E-state index in [-0.39, 0.29) is 11.1 Å². The van der Waals surface area contributed by atoms with Crippen LogP contribution in [0.2, 0.25) is 0 Å². The second-order valence-electron chi connectivity index (χ2n) is 16.5. The van der Waals surface area contributed by atoms with Gasteiger partial charge in [-0.2, -0.15) is 0 Å². The van der Waals surface area contributed by atoms with E-state index in [2.05, 4.69) is 204 Å². The predicted octanol–water partition coefficient (Wildman–Crippen LogP) is 13.5. The molecule has 2 nitrogen and oxygen atoms in total. The van der Waals surface area contributed by atoms with Gasteiger partial charge in [-0.3, -0.25) is 0 Å². The Balaban J connectivity index is 1.09. The summed E-state index contributed by atoms with van der Waals surface area (Å²) in [5.74, 6) is 1.15. The molecule has 0 N–H and O–H groups in total. The summed E-state index contributed by atoms with van der Waals surface area (Å²) < 4.78 is 0. The lowest BCUT2D eigenvalue weighted by atomic mass is 9.78. The number of nitrogens with zero attached hydrogens (tertiary/aromatic N) is 2. The third-order valence-electron chi connectivity index (χ3n) is 11.6. The van der Waals surface area contributed by atoms with E-state index < -0.39 is 0 Å². The first kappa shape index (κ1) is 34.0. The molecule has 0 spiro atoms. The largest absolute Gasteiger partial charge is 0.332 e. The maximum atomic E-state index is 2.55. The molecule has 0 bridgehead atoms. The lowest BCUT2D eigenvalue weighted by molar-refractivity contribution is 0.273. The van der Waals surface area contributed by atoms with Crippen LogP contribution in [0.15, 0.2) is 144 Å². The van der Waals surface area contributed by atoms with E-state index >= 15 is 0 Å². The van der Waals surface area contributed by atoms with Gasteiger partial charge < -0.3 is 9.80 Å². The molecule has 52 heavy (non-hydrogen) atoms. The van der Waals surface area contributed by atoms with Gasteiger partial charge in [0.15, 0.2) is 0 Å². The highest BCUT2D eigenvalue weighted by molar-refractivity contribution is 6.03. The van der Waals surface area contributed by atoms with Crippen molar-refractivity contribution in [3.63, 3.8) is 0 Å². The lowest BCUT2D eigenvalue weighted by Crippen LogP contribution is -2.43. The molecule has 2 heteroatoms. The molecule has 0 amide bonds. The average molecular weight is 681 g/mol. The molecule has 4 aliphatic rings. The summed E-state index contributed by atoms with van der Waals surface area (Å²) in [7, 11) is 0. The van der Waals surface area contributed by atoms with Crippen molar-refractivity contribution in [1.29, 1.82) is 0 Å². The van der Waals surface area contributed by atoms with Gasteiger partial charge in [0.05, 0.1) is 11.1 Å². The molecule has 0 fully saturated rings. The molecule has 0 aromatic heterocycles. The topological polar surface area (TPSA) is 6.48 Å². The highest BCUT2D eigenvalue weighted by Crippen LogP contribution is 2.45. The fourth-order valence-corrected chi connectivity index (χ4v) is 8.84. The first-order chi connectivity index (χ1) is 25.0. The lowest BCUT2D eigenvalue weighted by Gasteiger charge is -2.45. The Morgan fingerprint density at radius 3 is 2.29 bits per heavy atom. The van der Waals surface area contributed by atoms with Crippen LogP contribution in [-0.4, -0.2) is 16.0 Å². The standard InChI is InChI=1S/C50H52N2/c1-34(2)45-33-36(21-25-43(45)41-26-24-40(32-35(41)3)51-46-18-12-8-14-38(46)28-30-49(51,4)5)20-22-37-23-27-48(44-17-11-10-16-42(37)44)52-47-19-13-9-15-39(47)29-31-50(52,6)7/h9-13,15-35,41H,8,14H2,1-7H3/b22-20+. The molecule has 0 saturated heterocycles. The summed E-state index contributed by atoms with van der Waals surface area (Å²) in [5, 5.41) is 2.53. The minimum atomic E-state index is -0.152. The highest BCUT2D eigenvalue weighted by Gasteiger charge is 2.35. The fraction of sp³-hybridized carbons (Fsp3) is 0.280. The van der Waals surface area contributed by atoms with Crippen molar-refractivity contribution in [3.8, 4) is 0 Å². The number of allylic oxidation sites excluding steroid dienone is 7. The second kappa shape index (κ2) is 13.2. The molecule has 0 saturated carbocycles. The number of fused-ring (bicyclic) bond motifs is 2. The van der Waals surface area contributed by atoms with Crippen LogP contribution in [0.25, 0.3) is 29.0 Å². The van der Waals surface area contributed by atoms with Crippen LogP contribution in [0.3, 0.4) is 0 Å². The first-order valence-electron chi connectivity index (χ1n) is 19.2. The van der Waals surface area contributed by atoms with Crippen molar-refractivity contribution in [2.24, 2.45) is 5.92 Å². The van der Waals surface area contributed by atoms with E-state index in [1.165, 1.54) is 66.9 Å². The van der Waals surface area contributed by atoms with Crippen LogP contribution < -0.4 is 4.90 Å². The predicted molar refractivity (Wildman–Crippen MR) is 225 cm³/mol. The Labute approximate surface area is 311 Å². The number of para-hydroxylation sites is 1. The van der Waals surface area contributed by atoms with E-state index in [9.17, 15) is 0 Å². The number of benzene rings is 4. The van der Waals surface area contributed by atoms with Gasteiger partial charge in [-0.05, 0) is 115 Å². The zero-order valence-corrected chi connectivity index (χ0v) is 31.9. The third kappa shape index (κ3) is 6.03. The summed E-state index contributed by atoms with van der Waals surface area (Å²) in [6.07, 6.45) is 28.2. The van der Waals surface area contributed by atoms with Gasteiger partial charge in [0, 0.05) is 34.1 Å². The maximum absolute atomic E-state index is 2.55. The smallest absolute Gasteiger partial charge is 0.0581 e. The quantitative estimate of drug-likeness (QED) is 0.187. The maximum Gasteiger partial charge on any atom is 0.0581 e. The first-order valence-corrected chi connectivity index (χ1v) is 19.2. The number of rotatable bonds is 6. The van der Waals surface area contributed by atoms with Gasteiger partial charge in [0.2, 0.25) is 0 Å². The van der Waals surface area contributed by atoms with Crippen molar-refractivity contribution >= 4 is 40.4 Å². The van der Waals surface area contributed by atoms with E-state index in [0.717, 1.165) is 12.8 Å². The summed E-state index contributed by atoms with van der Waals surface area (Å²) in [4.78, 5) is 5.05. The van der Waals surface area contributed by atoms with Gasteiger partial charge in [-0.1, -0.05) is 142 Å². The molecule has 2 atom stereocenters. The second-order valence-corrected chi connectivity index (χ2v) is 16.5. The van der Waals surface area contributed by atoms with Crippen molar-refractivity contribution < 1.29 is 0 Å². The van der Waals surface area contributed by atoms with E-state index in [0.29, 0.717) is 17.8 Å². The molecule has 4 aromatic rings. The van der Waals surface area contributed by atoms with Crippen LogP contribution in [0, 0.1) is 5.92 Å². The van der Waals surface area contributed by atoms with Gasteiger partial charge >= 0.3 is 0 Å². The minimum Gasteiger partial charge on any atom is -0.332 e. The van der Waals surface area contributed by atoms with Gasteiger partial charge in [0.25, 0.3) is 0 Å².